The SMILES string of the molecule is CCCOCCn1c(=O)c(NCCCNS(=O)(=O)C(F)(F)F)nc2cnc(-c3ccc(OC)nc3)cc21. The topological polar surface area (TPSA) is 137 Å². The zero-order valence-corrected chi connectivity index (χ0v) is 21.0. The smallest absolute Gasteiger partial charge is 0.481 e. The van der Waals surface area contributed by atoms with Gasteiger partial charge in [-0.25, -0.2) is 23.1 Å². The van der Waals surface area contributed by atoms with Crippen molar-refractivity contribution in [2.45, 2.75) is 31.8 Å². The van der Waals surface area contributed by atoms with Crippen LogP contribution in [0.4, 0.5) is 19.0 Å². The van der Waals surface area contributed by atoms with Crippen molar-refractivity contribution in [1.82, 2.24) is 24.2 Å². The number of aromatic nitrogens is 4. The first-order chi connectivity index (χ1) is 17.6. The Morgan fingerprint density at radius 3 is 2.54 bits per heavy atom. The standard InChI is InChI=1S/C22H27F3N6O5S/c1-3-10-36-11-9-31-18-12-16(15-5-6-19(35-2)28-13-15)27-14-17(18)30-20(21(31)32)26-7-4-8-29-37(33,34)22(23,24)25/h5-6,12-14,29H,3-4,7-11H2,1-2H3,(H,26,30). The number of fused-ring (bicyclic) bond motifs is 1. The Balaban J connectivity index is 1.83. The summed E-state index contributed by atoms with van der Waals surface area (Å²) in [6.45, 7) is 2.52. The third-order valence-electron chi connectivity index (χ3n) is 5.12. The molecule has 11 nitrogen and oxygen atoms in total. The van der Waals surface area contributed by atoms with Gasteiger partial charge in [-0.3, -0.25) is 9.78 Å². The molecule has 0 saturated heterocycles. The molecule has 0 aliphatic rings. The van der Waals surface area contributed by atoms with E-state index >= 15 is 0 Å². The van der Waals surface area contributed by atoms with Crippen LogP contribution in [-0.4, -0.2) is 66.9 Å². The number of methoxy groups -OCH3 is 1. The largest absolute Gasteiger partial charge is 0.511 e. The molecule has 0 saturated carbocycles. The van der Waals surface area contributed by atoms with E-state index in [1.165, 1.54) is 22.6 Å². The van der Waals surface area contributed by atoms with Crippen LogP contribution in [0.5, 0.6) is 5.88 Å². The molecule has 37 heavy (non-hydrogen) atoms. The molecule has 0 radical (unpaired) electrons. The molecule has 3 heterocycles. The van der Waals surface area contributed by atoms with Crippen molar-refractivity contribution in [2.24, 2.45) is 0 Å². The molecule has 0 atom stereocenters. The van der Waals surface area contributed by atoms with Crippen molar-refractivity contribution in [3.63, 3.8) is 0 Å². The number of halogens is 3. The zero-order chi connectivity index (χ0) is 27.1. The molecule has 0 spiro atoms. The van der Waals surface area contributed by atoms with Crippen LogP contribution >= 0.6 is 0 Å². The molecule has 3 aromatic heterocycles. The number of alkyl halides is 3. The first-order valence-electron chi connectivity index (χ1n) is 11.4. The van der Waals surface area contributed by atoms with Crippen molar-refractivity contribution in [3.8, 4) is 17.1 Å². The predicted octanol–water partition coefficient (Wildman–Crippen LogP) is 2.53. The van der Waals surface area contributed by atoms with Gasteiger partial charge in [-0.2, -0.15) is 13.2 Å². The Bertz CT molecular complexity index is 1360. The summed E-state index contributed by atoms with van der Waals surface area (Å²) >= 11 is 0. The van der Waals surface area contributed by atoms with Gasteiger partial charge in [0.25, 0.3) is 5.56 Å². The number of nitrogens with one attached hydrogen (secondary N) is 2. The number of anilines is 1. The minimum Gasteiger partial charge on any atom is -0.481 e. The molecule has 0 amide bonds. The molecular formula is C22H27F3N6O5S. The second kappa shape index (κ2) is 12.3. The van der Waals surface area contributed by atoms with E-state index in [1.54, 1.807) is 24.4 Å². The Hall–Kier alpha value is -3.30. The normalized spacial score (nSPS) is 12.1. The Kier molecular flexibility index (Phi) is 9.39. The van der Waals surface area contributed by atoms with Crippen LogP contribution in [0.15, 0.2) is 35.4 Å². The van der Waals surface area contributed by atoms with Crippen LogP contribution in [0, 0.1) is 0 Å². The number of hydrogen-bond acceptors (Lipinski definition) is 9. The number of rotatable bonds is 13. The van der Waals surface area contributed by atoms with E-state index in [-0.39, 0.29) is 31.9 Å². The molecule has 3 aromatic rings. The minimum absolute atomic E-state index is 0.00346. The van der Waals surface area contributed by atoms with Gasteiger partial charge in [0.05, 0.1) is 31.1 Å². The van der Waals surface area contributed by atoms with E-state index in [0.717, 1.165) is 6.42 Å². The van der Waals surface area contributed by atoms with Crippen LogP contribution in [0.3, 0.4) is 0 Å². The Labute approximate surface area is 211 Å². The molecule has 0 bridgehead atoms. The number of hydrogen-bond donors (Lipinski definition) is 2. The highest BCUT2D eigenvalue weighted by Gasteiger charge is 2.45. The maximum absolute atomic E-state index is 13.2. The summed E-state index contributed by atoms with van der Waals surface area (Å²) in [6.07, 6.45) is 3.89. The van der Waals surface area contributed by atoms with E-state index in [4.69, 9.17) is 9.47 Å². The predicted molar refractivity (Wildman–Crippen MR) is 131 cm³/mol. The summed E-state index contributed by atoms with van der Waals surface area (Å²) in [5.41, 5.74) is -3.68. The van der Waals surface area contributed by atoms with E-state index in [0.29, 0.717) is 34.8 Å². The number of nitrogens with zero attached hydrogens (tertiary/aromatic N) is 4. The molecule has 202 valence electrons. The van der Waals surface area contributed by atoms with Crippen molar-refractivity contribution in [3.05, 3.63) is 40.9 Å². The lowest BCUT2D eigenvalue weighted by Crippen LogP contribution is -2.37. The molecular weight excluding hydrogens is 517 g/mol. The highest BCUT2D eigenvalue weighted by atomic mass is 32.2. The molecule has 0 unspecified atom stereocenters. The Morgan fingerprint density at radius 1 is 1.11 bits per heavy atom. The quantitative estimate of drug-likeness (QED) is 0.311. The minimum atomic E-state index is -5.43. The van der Waals surface area contributed by atoms with Gasteiger partial charge in [0, 0.05) is 44.1 Å². The molecule has 0 aliphatic carbocycles. The first-order valence-corrected chi connectivity index (χ1v) is 12.8. The lowest BCUT2D eigenvalue weighted by Gasteiger charge is -2.14. The van der Waals surface area contributed by atoms with Crippen LogP contribution in [0.1, 0.15) is 19.8 Å². The van der Waals surface area contributed by atoms with E-state index in [2.05, 4.69) is 20.3 Å². The fraction of sp³-hybridized carbons (Fsp3) is 0.455. The maximum atomic E-state index is 13.2. The van der Waals surface area contributed by atoms with Gasteiger partial charge in [0.15, 0.2) is 5.82 Å². The van der Waals surface area contributed by atoms with E-state index in [1.807, 2.05) is 6.92 Å². The lowest BCUT2D eigenvalue weighted by atomic mass is 10.2. The molecule has 0 aromatic carbocycles. The summed E-state index contributed by atoms with van der Waals surface area (Å²) in [5, 5.41) is 2.78. The van der Waals surface area contributed by atoms with Gasteiger partial charge in [0.2, 0.25) is 5.88 Å². The fourth-order valence-corrected chi connectivity index (χ4v) is 3.86. The van der Waals surface area contributed by atoms with Gasteiger partial charge in [-0.05, 0) is 25.0 Å². The zero-order valence-electron chi connectivity index (χ0n) is 20.2. The van der Waals surface area contributed by atoms with Crippen molar-refractivity contribution >= 4 is 26.9 Å². The van der Waals surface area contributed by atoms with Crippen molar-refractivity contribution < 1.29 is 31.1 Å². The van der Waals surface area contributed by atoms with Gasteiger partial charge in [-0.15, -0.1) is 0 Å². The van der Waals surface area contributed by atoms with Gasteiger partial charge >= 0.3 is 15.5 Å². The fourth-order valence-electron chi connectivity index (χ4n) is 3.28. The second-order valence-electron chi connectivity index (χ2n) is 7.80. The van der Waals surface area contributed by atoms with E-state index in [9.17, 15) is 26.4 Å². The van der Waals surface area contributed by atoms with Gasteiger partial charge in [0.1, 0.15) is 5.52 Å². The molecule has 2 N–H and O–H groups in total. The van der Waals surface area contributed by atoms with Crippen LogP contribution in [0.2, 0.25) is 0 Å². The summed E-state index contributed by atoms with van der Waals surface area (Å²) in [7, 11) is -3.92. The number of pyridine rings is 2. The third kappa shape index (κ3) is 7.14. The van der Waals surface area contributed by atoms with Gasteiger partial charge in [-0.1, -0.05) is 6.92 Å². The molecule has 0 aliphatic heterocycles. The van der Waals surface area contributed by atoms with Crippen molar-refractivity contribution in [2.75, 3.05) is 38.7 Å². The summed E-state index contributed by atoms with van der Waals surface area (Å²) in [6, 6.07) is 5.18. The highest BCUT2D eigenvalue weighted by Crippen LogP contribution is 2.23. The first kappa shape index (κ1) is 28.3. The summed E-state index contributed by atoms with van der Waals surface area (Å²) in [5.74, 6) is 0.403. The molecule has 0 fully saturated rings. The maximum Gasteiger partial charge on any atom is 0.511 e. The molecule has 3 rings (SSSR count). The van der Waals surface area contributed by atoms with E-state index < -0.39 is 27.6 Å². The van der Waals surface area contributed by atoms with Gasteiger partial charge < -0.3 is 19.4 Å². The average Bonchev–Trinajstić information content (AvgIpc) is 2.87. The highest BCUT2D eigenvalue weighted by molar-refractivity contribution is 7.90. The summed E-state index contributed by atoms with van der Waals surface area (Å²) < 4.78 is 73.0. The van der Waals surface area contributed by atoms with Crippen LogP contribution in [0.25, 0.3) is 22.3 Å². The number of ether oxygens (including phenoxy) is 2. The Morgan fingerprint density at radius 2 is 1.89 bits per heavy atom. The lowest BCUT2D eigenvalue weighted by molar-refractivity contribution is -0.0447. The van der Waals surface area contributed by atoms with Crippen LogP contribution < -0.4 is 20.3 Å². The van der Waals surface area contributed by atoms with Crippen molar-refractivity contribution in [1.29, 1.82) is 0 Å². The summed E-state index contributed by atoms with van der Waals surface area (Å²) in [4.78, 5) is 26.1. The average molecular weight is 545 g/mol. The number of sulfonamides is 1. The second-order valence-corrected chi connectivity index (χ2v) is 9.56. The molecule has 15 heteroatoms. The van der Waals surface area contributed by atoms with Crippen LogP contribution in [-0.2, 0) is 21.3 Å². The monoisotopic (exact) mass is 544 g/mol. The third-order valence-corrected chi connectivity index (χ3v) is 6.32.